The minimum Gasteiger partial charge on any atom is -0.338 e. The topological polar surface area (TPSA) is 86.1 Å². The van der Waals surface area contributed by atoms with Crippen LogP contribution in [0.1, 0.15) is 40.5 Å². The van der Waals surface area contributed by atoms with Gasteiger partial charge in [-0.3, -0.25) is 9.59 Å². The molecule has 0 saturated carbocycles. The Morgan fingerprint density at radius 2 is 2.00 bits per heavy atom. The standard InChI is InChI=1S/C22H20N4O2S/c23-12-11-20(27)24-17-9-7-15(8-10-17)22(28)26-13-3-4-16(14-26)21-25-18-5-1-2-6-19(18)29-21/h1-2,5-10,16H,3-4,11,13-14H2,(H,24,27)/t16-/m1/s1. The van der Waals surface area contributed by atoms with Crippen molar-refractivity contribution in [3.05, 3.63) is 59.1 Å². The van der Waals surface area contributed by atoms with Crippen LogP contribution in [0.5, 0.6) is 0 Å². The first kappa shape index (κ1) is 19.1. The number of hydrogen-bond acceptors (Lipinski definition) is 5. The van der Waals surface area contributed by atoms with E-state index >= 15 is 0 Å². The van der Waals surface area contributed by atoms with Crippen LogP contribution in [0.3, 0.4) is 0 Å². The van der Waals surface area contributed by atoms with Gasteiger partial charge in [-0.15, -0.1) is 11.3 Å². The zero-order valence-corrected chi connectivity index (χ0v) is 16.6. The van der Waals surface area contributed by atoms with Gasteiger partial charge in [0.2, 0.25) is 5.91 Å². The van der Waals surface area contributed by atoms with Crippen molar-refractivity contribution in [1.82, 2.24) is 9.88 Å². The van der Waals surface area contributed by atoms with E-state index in [9.17, 15) is 9.59 Å². The molecule has 0 unspecified atom stereocenters. The quantitative estimate of drug-likeness (QED) is 0.707. The SMILES string of the molecule is N#CCC(=O)Nc1ccc(C(=O)N2CCC[C@@H](c3nc4ccccc4s3)C2)cc1. The predicted octanol–water partition coefficient (Wildman–Crippen LogP) is 4.17. The zero-order valence-electron chi connectivity index (χ0n) is 15.8. The van der Waals surface area contributed by atoms with Crippen molar-refractivity contribution in [3.63, 3.8) is 0 Å². The molecule has 3 aromatic rings. The van der Waals surface area contributed by atoms with Crippen LogP contribution in [0, 0.1) is 11.3 Å². The van der Waals surface area contributed by atoms with Crippen molar-refractivity contribution in [2.24, 2.45) is 0 Å². The lowest BCUT2D eigenvalue weighted by atomic mass is 9.98. The number of nitrogens with zero attached hydrogens (tertiary/aromatic N) is 3. The number of hydrogen-bond donors (Lipinski definition) is 1. The van der Waals surface area contributed by atoms with Crippen LogP contribution < -0.4 is 5.32 Å². The van der Waals surface area contributed by atoms with Gasteiger partial charge in [-0.25, -0.2) is 4.98 Å². The Labute approximate surface area is 172 Å². The molecule has 1 N–H and O–H groups in total. The van der Waals surface area contributed by atoms with E-state index in [0.717, 1.165) is 29.9 Å². The van der Waals surface area contributed by atoms with Gasteiger partial charge in [0.1, 0.15) is 6.42 Å². The van der Waals surface area contributed by atoms with Crippen molar-refractivity contribution >= 4 is 39.1 Å². The van der Waals surface area contributed by atoms with E-state index in [0.29, 0.717) is 17.8 Å². The summed E-state index contributed by atoms with van der Waals surface area (Å²) in [6.07, 6.45) is 1.80. The monoisotopic (exact) mass is 404 g/mol. The summed E-state index contributed by atoms with van der Waals surface area (Å²) in [7, 11) is 0. The lowest BCUT2D eigenvalue weighted by molar-refractivity contribution is -0.115. The van der Waals surface area contributed by atoms with Gasteiger partial charge in [0.05, 0.1) is 21.3 Å². The molecule has 146 valence electrons. The van der Waals surface area contributed by atoms with E-state index in [1.54, 1.807) is 35.6 Å². The molecule has 1 aliphatic heterocycles. The first-order valence-electron chi connectivity index (χ1n) is 9.55. The number of anilines is 1. The Hall–Kier alpha value is -3.24. The van der Waals surface area contributed by atoms with E-state index < -0.39 is 0 Å². The lowest BCUT2D eigenvalue weighted by Crippen LogP contribution is -2.39. The van der Waals surface area contributed by atoms with Crippen molar-refractivity contribution in [1.29, 1.82) is 5.26 Å². The molecule has 2 amide bonds. The maximum absolute atomic E-state index is 13.0. The molecule has 0 aliphatic carbocycles. The molecule has 0 radical (unpaired) electrons. The summed E-state index contributed by atoms with van der Waals surface area (Å²) in [5.41, 5.74) is 2.19. The molecule has 1 aromatic heterocycles. The first-order chi connectivity index (χ1) is 14.1. The maximum Gasteiger partial charge on any atom is 0.253 e. The number of fused-ring (bicyclic) bond motifs is 1. The Morgan fingerprint density at radius 1 is 1.21 bits per heavy atom. The average molecular weight is 404 g/mol. The Morgan fingerprint density at radius 3 is 2.76 bits per heavy atom. The molecule has 2 heterocycles. The van der Waals surface area contributed by atoms with Crippen molar-refractivity contribution in [2.75, 3.05) is 18.4 Å². The predicted molar refractivity (Wildman–Crippen MR) is 113 cm³/mol. The molecule has 1 saturated heterocycles. The molecule has 6 nitrogen and oxygen atoms in total. The molecule has 0 spiro atoms. The average Bonchev–Trinajstić information content (AvgIpc) is 3.18. The van der Waals surface area contributed by atoms with Crippen LogP contribution in [0.25, 0.3) is 10.2 Å². The van der Waals surface area contributed by atoms with Crippen molar-refractivity contribution in [2.45, 2.75) is 25.2 Å². The molecule has 2 aromatic carbocycles. The number of nitrogens with one attached hydrogen (secondary N) is 1. The summed E-state index contributed by atoms with van der Waals surface area (Å²) in [5, 5.41) is 12.3. The Balaban J connectivity index is 1.44. The van der Waals surface area contributed by atoms with Gasteiger partial charge >= 0.3 is 0 Å². The number of nitriles is 1. The van der Waals surface area contributed by atoms with Gasteiger partial charge in [0.15, 0.2) is 0 Å². The number of likely N-dealkylation sites (tertiary alicyclic amines) is 1. The molecule has 0 bridgehead atoms. The zero-order chi connectivity index (χ0) is 20.2. The fraction of sp³-hybridized carbons (Fsp3) is 0.273. The number of rotatable bonds is 4. The number of thiazole rings is 1. The summed E-state index contributed by atoms with van der Waals surface area (Å²) >= 11 is 1.71. The number of para-hydroxylation sites is 1. The second kappa shape index (κ2) is 8.41. The van der Waals surface area contributed by atoms with Crippen LogP contribution in [-0.4, -0.2) is 34.8 Å². The first-order valence-corrected chi connectivity index (χ1v) is 10.4. The summed E-state index contributed by atoms with van der Waals surface area (Å²) in [5.74, 6) is -0.110. The van der Waals surface area contributed by atoms with Gasteiger partial charge in [-0.1, -0.05) is 12.1 Å². The van der Waals surface area contributed by atoms with E-state index in [2.05, 4.69) is 11.4 Å². The van der Waals surface area contributed by atoms with Crippen LogP contribution in [0.4, 0.5) is 5.69 Å². The fourth-order valence-electron chi connectivity index (χ4n) is 3.58. The number of benzene rings is 2. The minimum absolute atomic E-state index is 0.00860. The minimum atomic E-state index is -0.360. The molecular weight excluding hydrogens is 384 g/mol. The molecule has 4 rings (SSSR count). The highest BCUT2D eigenvalue weighted by Gasteiger charge is 2.27. The second-order valence-electron chi connectivity index (χ2n) is 7.07. The van der Waals surface area contributed by atoms with E-state index in [-0.39, 0.29) is 24.2 Å². The number of amides is 2. The van der Waals surface area contributed by atoms with Crippen molar-refractivity contribution < 1.29 is 9.59 Å². The van der Waals surface area contributed by atoms with Gasteiger partial charge in [-0.05, 0) is 49.2 Å². The third-order valence-electron chi connectivity index (χ3n) is 5.02. The van der Waals surface area contributed by atoms with Gasteiger partial charge < -0.3 is 10.2 Å². The molecule has 1 aliphatic rings. The molecular formula is C22H20N4O2S. The largest absolute Gasteiger partial charge is 0.338 e. The summed E-state index contributed by atoms with van der Waals surface area (Å²) < 4.78 is 1.18. The number of piperidine rings is 1. The highest BCUT2D eigenvalue weighted by atomic mass is 32.1. The fourth-order valence-corrected chi connectivity index (χ4v) is 4.68. The van der Waals surface area contributed by atoms with Gasteiger partial charge in [0.25, 0.3) is 5.91 Å². The van der Waals surface area contributed by atoms with Crippen molar-refractivity contribution in [3.8, 4) is 6.07 Å². The van der Waals surface area contributed by atoms with Gasteiger partial charge in [-0.2, -0.15) is 5.26 Å². The third-order valence-corrected chi connectivity index (χ3v) is 6.22. The molecule has 29 heavy (non-hydrogen) atoms. The molecule has 1 fully saturated rings. The number of carbonyl (C=O) groups excluding carboxylic acids is 2. The van der Waals surface area contributed by atoms with Crippen LogP contribution in [0.2, 0.25) is 0 Å². The third kappa shape index (κ3) is 4.28. The van der Waals surface area contributed by atoms with E-state index in [1.807, 2.05) is 29.2 Å². The van der Waals surface area contributed by atoms with Crippen LogP contribution in [-0.2, 0) is 4.79 Å². The Bertz CT molecular complexity index is 1050. The number of aromatic nitrogens is 1. The van der Waals surface area contributed by atoms with Crippen LogP contribution in [0.15, 0.2) is 48.5 Å². The maximum atomic E-state index is 13.0. The van der Waals surface area contributed by atoms with Crippen LogP contribution >= 0.6 is 11.3 Å². The second-order valence-corrected chi connectivity index (χ2v) is 8.13. The highest BCUT2D eigenvalue weighted by Crippen LogP contribution is 2.33. The highest BCUT2D eigenvalue weighted by molar-refractivity contribution is 7.18. The summed E-state index contributed by atoms with van der Waals surface area (Å²) in [6, 6.07) is 16.7. The van der Waals surface area contributed by atoms with E-state index in [1.165, 1.54) is 4.70 Å². The van der Waals surface area contributed by atoms with Gasteiger partial charge in [0, 0.05) is 30.3 Å². The summed E-state index contributed by atoms with van der Waals surface area (Å²) in [4.78, 5) is 31.1. The molecule has 7 heteroatoms. The molecule has 1 atom stereocenters. The summed E-state index contributed by atoms with van der Waals surface area (Å²) in [6.45, 7) is 1.40. The lowest BCUT2D eigenvalue weighted by Gasteiger charge is -2.32. The smallest absolute Gasteiger partial charge is 0.253 e. The number of carbonyl (C=O) groups is 2. The normalized spacial score (nSPS) is 16.4. The van der Waals surface area contributed by atoms with E-state index in [4.69, 9.17) is 10.2 Å². The Kier molecular flexibility index (Phi) is 5.54.